The molecular weight excluding hydrogens is 252 g/mol. The highest BCUT2D eigenvalue weighted by atomic mass is 16.5. The van der Waals surface area contributed by atoms with Crippen molar-refractivity contribution in [2.45, 2.75) is 13.3 Å². The van der Waals surface area contributed by atoms with Crippen LogP contribution in [-0.2, 0) is 11.2 Å². The summed E-state index contributed by atoms with van der Waals surface area (Å²) < 4.78 is 4.97. The van der Waals surface area contributed by atoms with E-state index in [0.29, 0.717) is 5.75 Å². The largest absolute Gasteiger partial charge is 0.508 e. The van der Waals surface area contributed by atoms with E-state index in [9.17, 15) is 9.90 Å². The molecule has 0 heterocycles. The lowest BCUT2D eigenvalue weighted by Crippen LogP contribution is -2.00. The molecule has 0 radical (unpaired) electrons. The average molecular weight is 268 g/mol. The van der Waals surface area contributed by atoms with E-state index in [-0.39, 0.29) is 11.7 Å². The molecule has 0 aliphatic heterocycles. The van der Waals surface area contributed by atoms with Gasteiger partial charge in [-0.2, -0.15) is 0 Å². The maximum absolute atomic E-state index is 10.8. The van der Waals surface area contributed by atoms with Crippen molar-refractivity contribution in [2.75, 3.05) is 0 Å². The molecule has 0 atom stereocenters. The zero-order valence-electron chi connectivity index (χ0n) is 11.2. The molecule has 0 bridgehead atoms. The molecule has 0 fully saturated rings. The molecule has 3 nitrogen and oxygen atoms in total. The summed E-state index contributed by atoms with van der Waals surface area (Å²) in [4.78, 5) is 10.8. The van der Waals surface area contributed by atoms with Crippen LogP contribution in [0.15, 0.2) is 54.6 Å². The SMILES string of the molecule is CC(=O)Oc1ccc(C/C=C/c2ccc(O)cc2)cc1. The van der Waals surface area contributed by atoms with E-state index < -0.39 is 0 Å². The minimum atomic E-state index is -0.315. The third kappa shape index (κ3) is 4.28. The topological polar surface area (TPSA) is 46.5 Å². The lowest BCUT2D eigenvalue weighted by Gasteiger charge is -2.02. The number of carbonyl (C=O) groups excluding carboxylic acids is 1. The summed E-state index contributed by atoms with van der Waals surface area (Å²) in [6, 6.07) is 14.5. The van der Waals surface area contributed by atoms with E-state index in [2.05, 4.69) is 0 Å². The number of hydrogen-bond acceptors (Lipinski definition) is 3. The first kappa shape index (κ1) is 13.9. The molecular formula is C17H16O3. The van der Waals surface area contributed by atoms with Gasteiger partial charge in [-0.05, 0) is 41.8 Å². The summed E-state index contributed by atoms with van der Waals surface area (Å²) >= 11 is 0. The Morgan fingerprint density at radius 3 is 2.35 bits per heavy atom. The van der Waals surface area contributed by atoms with Gasteiger partial charge in [0, 0.05) is 6.92 Å². The van der Waals surface area contributed by atoms with Crippen LogP contribution in [0.25, 0.3) is 6.08 Å². The first-order valence-corrected chi connectivity index (χ1v) is 6.36. The minimum absolute atomic E-state index is 0.267. The maximum atomic E-state index is 10.8. The average Bonchev–Trinajstić information content (AvgIpc) is 2.42. The molecule has 0 unspecified atom stereocenters. The van der Waals surface area contributed by atoms with Gasteiger partial charge in [-0.1, -0.05) is 36.4 Å². The van der Waals surface area contributed by atoms with Crippen LogP contribution >= 0.6 is 0 Å². The number of hydrogen-bond donors (Lipinski definition) is 1. The zero-order chi connectivity index (χ0) is 14.4. The highest BCUT2D eigenvalue weighted by molar-refractivity contribution is 5.69. The number of esters is 1. The molecule has 0 aliphatic rings. The monoisotopic (exact) mass is 268 g/mol. The Labute approximate surface area is 118 Å². The molecule has 0 spiro atoms. The van der Waals surface area contributed by atoms with Crippen LogP contribution in [0.3, 0.4) is 0 Å². The van der Waals surface area contributed by atoms with E-state index in [1.165, 1.54) is 6.92 Å². The second-order valence-corrected chi connectivity index (χ2v) is 4.44. The molecule has 2 aromatic rings. The van der Waals surface area contributed by atoms with Crippen molar-refractivity contribution < 1.29 is 14.6 Å². The van der Waals surface area contributed by atoms with Crippen LogP contribution in [0.1, 0.15) is 18.1 Å². The predicted octanol–water partition coefficient (Wildman–Crippen LogP) is 3.57. The summed E-state index contributed by atoms with van der Waals surface area (Å²) in [5.41, 5.74) is 2.18. The normalized spacial score (nSPS) is 10.7. The smallest absolute Gasteiger partial charge is 0.308 e. The number of ether oxygens (including phenoxy) is 1. The van der Waals surface area contributed by atoms with Gasteiger partial charge in [0.2, 0.25) is 0 Å². The molecule has 3 heteroatoms. The third-order valence-electron chi connectivity index (χ3n) is 2.74. The van der Waals surface area contributed by atoms with Crippen LogP contribution in [-0.4, -0.2) is 11.1 Å². The standard InChI is InChI=1S/C17H16O3/c1-13(18)20-17-11-7-15(8-12-17)4-2-3-14-5-9-16(19)10-6-14/h2-3,5-12,19H,4H2,1H3/b3-2+. The number of phenolic OH excluding ortho intramolecular Hbond substituents is 1. The predicted molar refractivity (Wildman–Crippen MR) is 78.6 cm³/mol. The van der Waals surface area contributed by atoms with Crippen molar-refractivity contribution in [1.82, 2.24) is 0 Å². The van der Waals surface area contributed by atoms with E-state index in [4.69, 9.17) is 4.74 Å². The molecule has 1 N–H and O–H groups in total. The van der Waals surface area contributed by atoms with Crippen LogP contribution < -0.4 is 4.74 Å². The van der Waals surface area contributed by atoms with Crippen molar-refractivity contribution in [3.05, 3.63) is 65.7 Å². The number of aromatic hydroxyl groups is 1. The minimum Gasteiger partial charge on any atom is -0.508 e. The third-order valence-corrected chi connectivity index (χ3v) is 2.74. The quantitative estimate of drug-likeness (QED) is 0.681. The second kappa shape index (κ2) is 6.57. The van der Waals surface area contributed by atoms with Gasteiger partial charge in [0.15, 0.2) is 0 Å². The summed E-state index contributed by atoms with van der Waals surface area (Å²) in [5.74, 6) is 0.511. The van der Waals surface area contributed by atoms with Crippen LogP contribution in [0, 0.1) is 0 Å². The van der Waals surface area contributed by atoms with Crippen LogP contribution in [0.5, 0.6) is 11.5 Å². The van der Waals surface area contributed by atoms with Gasteiger partial charge in [-0.3, -0.25) is 4.79 Å². The molecule has 0 amide bonds. The van der Waals surface area contributed by atoms with Crippen LogP contribution in [0.4, 0.5) is 0 Å². The number of phenols is 1. The Hall–Kier alpha value is -2.55. The molecule has 20 heavy (non-hydrogen) atoms. The van der Waals surface area contributed by atoms with Gasteiger partial charge in [0.05, 0.1) is 0 Å². The van der Waals surface area contributed by atoms with Gasteiger partial charge in [-0.25, -0.2) is 0 Å². The summed E-state index contributed by atoms with van der Waals surface area (Å²) in [6.07, 6.45) is 4.84. The molecule has 2 aromatic carbocycles. The number of carbonyl (C=O) groups is 1. The number of allylic oxidation sites excluding steroid dienone is 1. The fourth-order valence-corrected chi connectivity index (χ4v) is 1.78. The molecule has 0 saturated heterocycles. The van der Waals surface area contributed by atoms with Gasteiger partial charge in [0.1, 0.15) is 11.5 Å². The van der Waals surface area contributed by atoms with Crippen molar-refractivity contribution in [2.24, 2.45) is 0 Å². The summed E-state index contributed by atoms with van der Waals surface area (Å²) in [5, 5.41) is 9.19. The van der Waals surface area contributed by atoms with E-state index >= 15 is 0 Å². The molecule has 0 aromatic heterocycles. The molecule has 0 saturated carbocycles. The lowest BCUT2D eigenvalue weighted by molar-refractivity contribution is -0.131. The summed E-state index contributed by atoms with van der Waals surface area (Å²) in [7, 11) is 0. The highest BCUT2D eigenvalue weighted by Crippen LogP contribution is 2.14. The lowest BCUT2D eigenvalue weighted by atomic mass is 10.1. The Bertz CT molecular complexity index is 595. The van der Waals surface area contributed by atoms with E-state index in [1.807, 2.05) is 36.4 Å². The van der Waals surface area contributed by atoms with Crippen LogP contribution in [0.2, 0.25) is 0 Å². The fraction of sp³-hybridized carbons (Fsp3) is 0.118. The Morgan fingerprint density at radius 2 is 1.75 bits per heavy atom. The van der Waals surface area contributed by atoms with Gasteiger partial charge >= 0.3 is 5.97 Å². The van der Waals surface area contributed by atoms with Gasteiger partial charge < -0.3 is 9.84 Å². The zero-order valence-corrected chi connectivity index (χ0v) is 11.2. The first-order chi connectivity index (χ1) is 9.63. The second-order valence-electron chi connectivity index (χ2n) is 4.44. The van der Waals surface area contributed by atoms with Crippen molar-refractivity contribution in [1.29, 1.82) is 0 Å². The van der Waals surface area contributed by atoms with Crippen molar-refractivity contribution >= 4 is 12.0 Å². The van der Waals surface area contributed by atoms with Crippen molar-refractivity contribution in [3.8, 4) is 11.5 Å². The Morgan fingerprint density at radius 1 is 1.10 bits per heavy atom. The highest BCUT2D eigenvalue weighted by Gasteiger charge is 1.97. The number of rotatable bonds is 4. The Kier molecular flexibility index (Phi) is 4.56. The fourth-order valence-electron chi connectivity index (χ4n) is 1.78. The van der Waals surface area contributed by atoms with E-state index in [0.717, 1.165) is 17.5 Å². The maximum Gasteiger partial charge on any atom is 0.308 e. The summed E-state index contributed by atoms with van der Waals surface area (Å²) in [6.45, 7) is 1.38. The molecule has 102 valence electrons. The van der Waals surface area contributed by atoms with Crippen molar-refractivity contribution in [3.63, 3.8) is 0 Å². The number of benzene rings is 2. The van der Waals surface area contributed by atoms with E-state index in [1.54, 1.807) is 24.3 Å². The van der Waals surface area contributed by atoms with Gasteiger partial charge in [-0.15, -0.1) is 0 Å². The first-order valence-electron chi connectivity index (χ1n) is 6.36. The van der Waals surface area contributed by atoms with Gasteiger partial charge in [0.25, 0.3) is 0 Å². The molecule has 0 aliphatic carbocycles. The molecule has 2 rings (SSSR count). The Balaban J connectivity index is 1.93.